The van der Waals surface area contributed by atoms with Crippen LogP contribution < -0.4 is 15.0 Å². The van der Waals surface area contributed by atoms with Gasteiger partial charge < -0.3 is 15.0 Å². The van der Waals surface area contributed by atoms with E-state index in [0.717, 1.165) is 0 Å². The summed E-state index contributed by atoms with van der Waals surface area (Å²) in [4.78, 5) is 30.1. The second-order valence-corrected chi connectivity index (χ2v) is 8.67. The highest BCUT2D eigenvalue weighted by Crippen LogP contribution is 2.32. The molecule has 0 aliphatic carbocycles. The van der Waals surface area contributed by atoms with Crippen molar-refractivity contribution in [3.8, 4) is 11.5 Å². The molecule has 2 atom stereocenters. The Labute approximate surface area is 209 Å². The average Bonchev–Trinajstić information content (AvgIpc) is 2.88. The minimum absolute atomic E-state index is 0.119. The predicted molar refractivity (Wildman–Crippen MR) is 134 cm³/mol. The fraction of sp³-hybridized carbons (Fsp3) is 0.259. The van der Waals surface area contributed by atoms with Crippen LogP contribution in [0.15, 0.2) is 78.9 Å². The molecule has 3 aromatic carbocycles. The molecular weight excluding hydrogens is 469 g/mol. The number of nitrogens with zero attached hydrogens (tertiary/aromatic N) is 2. The van der Waals surface area contributed by atoms with Crippen molar-refractivity contribution in [2.24, 2.45) is 0 Å². The molecule has 3 aromatic rings. The first-order chi connectivity index (χ1) is 17.0. The number of carbonyl (C=O) groups is 2. The van der Waals surface area contributed by atoms with Gasteiger partial charge in [-0.15, -0.1) is 11.6 Å². The molecule has 1 aliphatic heterocycles. The zero-order chi connectivity index (χ0) is 24.8. The Hall–Kier alpha value is -3.42. The Morgan fingerprint density at radius 2 is 1.71 bits per heavy atom. The van der Waals surface area contributed by atoms with Crippen molar-refractivity contribution in [3.63, 3.8) is 0 Å². The molecular formula is C27H27ClFN3O3. The van der Waals surface area contributed by atoms with Gasteiger partial charge in [0.15, 0.2) is 0 Å². The third-order valence-electron chi connectivity index (χ3n) is 5.84. The van der Waals surface area contributed by atoms with Crippen LogP contribution in [0, 0.1) is 5.82 Å². The van der Waals surface area contributed by atoms with Crippen molar-refractivity contribution in [2.75, 3.05) is 30.4 Å². The molecule has 1 fully saturated rings. The lowest BCUT2D eigenvalue weighted by Crippen LogP contribution is -2.55. The van der Waals surface area contributed by atoms with Crippen LogP contribution >= 0.6 is 11.6 Å². The molecule has 1 aliphatic rings. The fourth-order valence-corrected chi connectivity index (χ4v) is 4.28. The molecule has 1 N–H and O–H groups in total. The number of nitrogens with one attached hydrogen (secondary N) is 1. The predicted octanol–water partition coefficient (Wildman–Crippen LogP) is 4.75. The summed E-state index contributed by atoms with van der Waals surface area (Å²) in [5.41, 5.74) is 0.993. The fourth-order valence-electron chi connectivity index (χ4n) is 4.15. The number of halogens is 2. The monoisotopic (exact) mass is 495 g/mol. The van der Waals surface area contributed by atoms with Crippen LogP contribution in [0.5, 0.6) is 11.5 Å². The summed E-state index contributed by atoms with van der Waals surface area (Å²) in [6, 6.07) is 21.0. The van der Waals surface area contributed by atoms with Gasteiger partial charge in [-0.3, -0.25) is 14.5 Å². The van der Waals surface area contributed by atoms with E-state index in [2.05, 4.69) is 5.32 Å². The Balaban J connectivity index is 1.70. The van der Waals surface area contributed by atoms with Crippen molar-refractivity contribution in [1.82, 2.24) is 10.2 Å². The van der Waals surface area contributed by atoms with E-state index >= 15 is 0 Å². The SMILES string of the molecule is C[C@H]1CN(C(=O)[C@H](c2ccc(F)cc2)N(C(=O)CCl)c2ccc(Oc3ccccc3)cc2)CCN1. The maximum atomic E-state index is 13.8. The molecule has 0 saturated carbocycles. The number of ether oxygens (including phenoxy) is 1. The van der Waals surface area contributed by atoms with E-state index in [1.54, 1.807) is 29.2 Å². The number of amides is 2. The Morgan fingerprint density at radius 1 is 1.06 bits per heavy atom. The quantitative estimate of drug-likeness (QED) is 0.480. The second kappa shape index (κ2) is 11.3. The molecule has 6 nitrogen and oxygen atoms in total. The van der Waals surface area contributed by atoms with Crippen LogP contribution in [0.1, 0.15) is 18.5 Å². The summed E-state index contributed by atoms with van der Waals surface area (Å²) < 4.78 is 19.6. The molecule has 0 aromatic heterocycles. The molecule has 0 spiro atoms. The molecule has 0 unspecified atom stereocenters. The average molecular weight is 496 g/mol. The van der Waals surface area contributed by atoms with Crippen LogP contribution in [-0.4, -0.2) is 48.3 Å². The van der Waals surface area contributed by atoms with E-state index in [1.165, 1.54) is 29.2 Å². The smallest absolute Gasteiger partial charge is 0.250 e. The van der Waals surface area contributed by atoms with Gasteiger partial charge in [0.05, 0.1) is 0 Å². The molecule has 1 saturated heterocycles. The number of hydrogen-bond acceptors (Lipinski definition) is 4. The van der Waals surface area contributed by atoms with Crippen LogP contribution in [-0.2, 0) is 9.59 Å². The van der Waals surface area contributed by atoms with Gasteiger partial charge in [-0.1, -0.05) is 30.3 Å². The first kappa shape index (κ1) is 24.7. The Bertz CT molecular complexity index is 1140. The summed E-state index contributed by atoms with van der Waals surface area (Å²) in [6.07, 6.45) is 0. The second-order valence-electron chi connectivity index (χ2n) is 8.40. The number of benzene rings is 3. The van der Waals surface area contributed by atoms with E-state index < -0.39 is 17.8 Å². The van der Waals surface area contributed by atoms with E-state index in [9.17, 15) is 14.0 Å². The maximum absolute atomic E-state index is 13.8. The summed E-state index contributed by atoms with van der Waals surface area (Å²) in [7, 11) is 0. The number of piperazine rings is 1. The van der Waals surface area contributed by atoms with Gasteiger partial charge in [0, 0.05) is 31.4 Å². The molecule has 182 valence electrons. The topological polar surface area (TPSA) is 61.9 Å². The van der Waals surface area contributed by atoms with E-state index in [4.69, 9.17) is 16.3 Å². The third kappa shape index (κ3) is 5.99. The molecule has 2 amide bonds. The van der Waals surface area contributed by atoms with Gasteiger partial charge in [-0.05, 0) is 61.0 Å². The summed E-state index contributed by atoms with van der Waals surface area (Å²) in [5.74, 6) is -0.152. The molecule has 1 heterocycles. The minimum atomic E-state index is -0.993. The lowest BCUT2D eigenvalue weighted by Gasteiger charge is -2.38. The number of carbonyl (C=O) groups excluding carboxylic acids is 2. The van der Waals surface area contributed by atoms with Crippen LogP contribution in [0.4, 0.5) is 10.1 Å². The van der Waals surface area contributed by atoms with Crippen molar-refractivity contribution < 1.29 is 18.7 Å². The zero-order valence-corrected chi connectivity index (χ0v) is 20.1. The highest BCUT2D eigenvalue weighted by Gasteiger charge is 2.36. The molecule has 8 heteroatoms. The maximum Gasteiger partial charge on any atom is 0.250 e. The van der Waals surface area contributed by atoms with Gasteiger partial charge >= 0.3 is 0 Å². The van der Waals surface area contributed by atoms with Crippen LogP contribution in [0.25, 0.3) is 0 Å². The van der Waals surface area contributed by atoms with Crippen molar-refractivity contribution in [2.45, 2.75) is 19.0 Å². The van der Waals surface area contributed by atoms with E-state index in [-0.39, 0.29) is 17.8 Å². The summed E-state index contributed by atoms with van der Waals surface area (Å²) in [6.45, 7) is 3.66. The van der Waals surface area contributed by atoms with Gasteiger partial charge in [0.1, 0.15) is 29.2 Å². The van der Waals surface area contributed by atoms with Crippen molar-refractivity contribution in [1.29, 1.82) is 0 Å². The molecule has 0 bridgehead atoms. The highest BCUT2D eigenvalue weighted by atomic mass is 35.5. The summed E-state index contributed by atoms with van der Waals surface area (Å²) in [5, 5.41) is 3.31. The third-order valence-corrected chi connectivity index (χ3v) is 6.06. The normalized spacial score (nSPS) is 16.4. The lowest BCUT2D eigenvalue weighted by atomic mass is 10.0. The van der Waals surface area contributed by atoms with Crippen LogP contribution in [0.3, 0.4) is 0 Å². The van der Waals surface area contributed by atoms with Gasteiger partial charge in [-0.2, -0.15) is 0 Å². The summed E-state index contributed by atoms with van der Waals surface area (Å²) >= 11 is 5.99. The van der Waals surface area contributed by atoms with Crippen LogP contribution in [0.2, 0.25) is 0 Å². The Kier molecular flexibility index (Phi) is 8.00. The highest BCUT2D eigenvalue weighted by molar-refractivity contribution is 6.29. The van der Waals surface area contributed by atoms with Crippen molar-refractivity contribution >= 4 is 29.1 Å². The van der Waals surface area contributed by atoms with E-state index in [0.29, 0.717) is 42.4 Å². The molecule has 35 heavy (non-hydrogen) atoms. The standard InChI is InChI=1S/C27H27ClFN3O3/c1-19-18-31(16-15-30-19)27(34)26(20-7-9-21(29)10-8-20)32(25(33)17-28)22-11-13-24(14-12-22)35-23-5-3-2-4-6-23/h2-14,19,26,30H,15-18H2,1H3/t19-,26-/m0/s1. The molecule has 0 radical (unpaired) electrons. The number of anilines is 1. The van der Waals surface area contributed by atoms with E-state index in [1.807, 2.05) is 37.3 Å². The van der Waals surface area contributed by atoms with Gasteiger partial charge in [0.2, 0.25) is 5.91 Å². The lowest BCUT2D eigenvalue weighted by molar-refractivity contribution is -0.135. The number of para-hydroxylation sites is 1. The van der Waals surface area contributed by atoms with Gasteiger partial charge in [-0.25, -0.2) is 4.39 Å². The number of alkyl halides is 1. The minimum Gasteiger partial charge on any atom is -0.457 e. The van der Waals surface area contributed by atoms with Crippen molar-refractivity contribution in [3.05, 3.63) is 90.2 Å². The number of hydrogen-bond donors (Lipinski definition) is 1. The number of rotatable bonds is 7. The van der Waals surface area contributed by atoms with Gasteiger partial charge in [0.25, 0.3) is 5.91 Å². The Morgan fingerprint density at radius 3 is 2.34 bits per heavy atom. The zero-order valence-electron chi connectivity index (χ0n) is 19.4. The molecule has 4 rings (SSSR count). The largest absolute Gasteiger partial charge is 0.457 e. The first-order valence-electron chi connectivity index (χ1n) is 11.4. The first-order valence-corrected chi connectivity index (χ1v) is 12.0.